The smallest absolute Gasteiger partial charge is 0.225 e. The third-order valence-electron chi connectivity index (χ3n) is 4.69. The summed E-state index contributed by atoms with van der Waals surface area (Å²) >= 11 is 0. The van der Waals surface area contributed by atoms with Crippen LogP contribution in [0, 0.1) is 5.92 Å². The zero-order valence-corrected chi connectivity index (χ0v) is 19.3. The van der Waals surface area contributed by atoms with Crippen LogP contribution in [0.5, 0.6) is 0 Å². The van der Waals surface area contributed by atoms with Gasteiger partial charge in [0.2, 0.25) is 5.91 Å². The molecular weight excluding hydrogens is 387 g/mol. The van der Waals surface area contributed by atoms with Crippen LogP contribution in [0.2, 0.25) is 0 Å². The van der Waals surface area contributed by atoms with Gasteiger partial charge < -0.3 is 18.5 Å². The van der Waals surface area contributed by atoms with Gasteiger partial charge in [0.25, 0.3) is 0 Å². The number of hydrogen-bond acceptors (Lipinski definition) is 4. The van der Waals surface area contributed by atoms with Crippen molar-refractivity contribution in [1.82, 2.24) is 4.90 Å². The van der Waals surface area contributed by atoms with Gasteiger partial charge in [0, 0.05) is 41.4 Å². The van der Waals surface area contributed by atoms with Crippen LogP contribution in [-0.4, -0.2) is 36.6 Å². The number of nitrogens with zero attached hydrogens (tertiary/aromatic N) is 1. The number of hydrogen-bond donors (Lipinski definition) is 0. The normalized spacial score (nSPS) is 15.9. The van der Waals surface area contributed by atoms with Crippen LogP contribution in [0.3, 0.4) is 0 Å². The van der Waals surface area contributed by atoms with Crippen LogP contribution in [0.15, 0.2) is 30.3 Å². The molecule has 0 heterocycles. The highest BCUT2D eigenvalue weighted by atomic mass is 31.0. The zero-order chi connectivity index (χ0) is 19.5. The Morgan fingerprint density at radius 1 is 1.12 bits per heavy atom. The lowest BCUT2D eigenvalue weighted by Gasteiger charge is -2.33. The maximum Gasteiger partial charge on any atom is 0.225 e. The summed E-state index contributed by atoms with van der Waals surface area (Å²) in [5, 5.41) is 0. The summed E-state index contributed by atoms with van der Waals surface area (Å²) in [5.41, 5.74) is 1.05. The molecule has 8 heteroatoms. The van der Waals surface area contributed by atoms with E-state index in [0.29, 0.717) is 13.0 Å². The molecule has 0 radical (unpaired) electrons. The van der Waals surface area contributed by atoms with E-state index in [9.17, 15) is 4.79 Å². The molecule has 7 atom stereocenters. The largest absolute Gasteiger partial charge is 0.366 e. The minimum absolute atomic E-state index is 0.0192. The van der Waals surface area contributed by atoms with Gasteiger partial charge in [-0.15, -0.1) is 0 Å². The Morgan fingerprint density at radius 3 is 2.31 bits per heavy atom. The van der Waals surface area contributed by atoms with Crippen molar-refractivity contribution >= 4 is 34.3 Å². The first-order valence-electron chi connectivity index (χ1n) is 8.80. The Kier molecular flexibility index (Phi) is 12.0. The van der Waals surface area contributed by atoms with Crippen LogP contribution in [0.25, 0.3) is 0 Å². The Morgan fingerprint density at radius 2 is 1.77 bits per heavy atom. The van der Waals surface area contributed by atoms with Crippen molar-refractivity contribution in [2.45, 2.75) is 51.4 Å². The van der Waals surface area contributed by atoms with E-state index in [1.165, 1.54) is 0 Å². The summed E-state index contributed by atoms with van der Waals surface area (Å²) in [6.07, 6.45) is 2.25. The van der Waals surface area contributed by atoms with Gasteiger partial charge in [-0.25, -0.2) is 0 Å². The first kappa shape index (κ1) is 23.9. The van der Waals surface area contributed by atoms with E-state index >= 15 is 0 Å². The molecule has 148 valence electrons. The highest BCUT2D eigenvalue weighted by molar-refractivity contribution is 7.10. The first-order chi connectivity index (χ1) is 12.5. The minimum atomic E-state index is -0.199. The third-order valence-corrected chi connectivity index (χ3v) is 5.60. The molecule has 0 aliphatic rings. The molecule has 0 aliphatic carbocycles. The van der Waals surface area contributed by atoms with E-state index in [-0.39, 0.29) is 30.1 Å². The molecule has 4 unspecified atom stereocenters. The molecule has 0 N–H and O–H groups in total. The molecule has 1 rings (SSSR count). The summed E-state index contributed by atoms with van der Waals surface area (Å²) in [6.45, 7) is 4.62. The van der Waals surface area contributed by atoms with E-state index in [0.717, 1.165) is 18.4 Å². The monoisotopic (exact) mass is 419 g/mol. The molecule has 1 aromatic rings. The highest BCUT2D eigenvalue weighted by Crippen LogP contribution is 2.28. The lowest BCUT2D eigenvalue weighted by molar-refractivity contribution is -0.138. The Bertz CT molecular complexity index is 520. The number of likely N-dealkylation sites (N-methyl/N-ethyl adjacent to an activating group) is 1. The molecule has 5 nitrogen and oxygen atoms in total. The molecule has 0 bridgehead atoms. The number of carbonyl (C=O) groups is 1. The number of rotatable bonds is 12. The fourth-order valence-corrected chi connectivity index (χ4v) is 3.79. The number of amides is 1. The second-order valence-corrected chi connectivity index (χ2v) is 7.44. The van der Waals surface area contributed by atoms with Crippen molar-refractivity contribution in [1.29, 1.82) is 0 Å². The van der Waals surface area contributed by atoms with Crippen molar-refractivity contribution in [2.24, 2.45) is 5.92 Å². The average molecular weight is 419 g/mol. The van der Waals surface area contributed by atoms with E-state index in [1.807, 2.05) is 51.2 Å². The van der Waals surface area contributed by atoms with Crippen LogP contribution in [0.1, 0.15) is 44.8 Å². The van der Waals surface area contributed by atoms with Gasteiger partial charge in [-0.1, -0.05) is 37.3 Å². The summed E-state index contributed by atoms with van der Waals surface area (Å²) in [7, 11) is 8.72. The Labute approximate surface area is 164 Å². The number of carbonyl (C=O) groups excluding carboxylic acids is 1. The van der Waals surface area contributed by atoms with Gasteiger partial charge in [0.1, 0.15) is 6.10 Å². The predicted molar refractivity (Wildman–Crippen MR) is 115 cm³/mol. The predicted octanol–water partition coefficient (Wildman–Crippen LogP) is 4.17. The lowest BCUT2D eigenvalue weighted by atomic mass is 9.97. The minimum Gasteiger partial charge on any atom is -0.366 e. The average Bonchev–Trinajstić information content (AvgIpc) is 2.67. The fourth-order valence-electron chi connectivity index (χ4n) is 3.00. The van der Waals surface area contributed by atoms with Crippen molar-refractivity contribution in [2.75, 3.05) is 13.7 Å². The SMILES string of the molecule is CC([C@H](OP)c1ccccc1)N(C)C(=O)[C@H](C)C[C@@H](CCCOP)OP. The Balaban J connectivity index is 2.68. The molecule has 1 amide bonds. The van der Waals surface area contributed by atoms with Crippen LogP contribution in [-0.2, 0) is 18.4 Å². The summed E-state index contributed by atoms with van der Waals surface area (Å²) < 4.78 is 16.1. The van der Waals surface area contributed by atoms with Gasteiger partial charge in [0.05, 0.1) is 18.8 Å². The van der Waals surface area contributed by atoms with Gasteiger partial charge >= 0.3 is 0 Å². The standard InChI is InChI=1S/C18H32NO4P3/c1-13(12-16(22-25)10-7-11-21-24)18(20)19(3)14(2)17(23-26)15-8-5-4-6-9-15/h4-6,8-9,13-14,16-17H,7,10-12,24-26H2,1-3H3/t13-,14?,16-,17+/m1/s1. The van der Waals surface area contributed by atoms with E-state index in [2.05, 4.69) is 28.4 Å². The fraction of sp³-hybridized carbons (Fsp3) is 0.611. The molecule has 0 saturated carbocycles. The maximum absolute atomic E-state index is 12.9. The van der Waals surface area contributed by atoms with Crippen LogP contribution in [0.4, 0.5) is 0 Å². The van der Waals surface area contributed by atoms with E-state index in [1.54, 1.807) is 4.90 Å². The second kappa shape index (κ2) is 13.1. The summed E-state index contributed by atoms with van der Waals surface area (Å²) in [5.74, 6) is -0.0410. The molecule has 0 aromatic heterocycles. The third kappa shape index (κ3) is 7.47. The van der Waals surface area contributed by atoms with E-state index < -0.39 is 0 Å². The molecule has 0 aliphatic heterocycles. The van der Waals surface area contributed by atoms with E-state index in [4.69, 9.17) is 13.6 Å². The number of benzene rings is 1. The Hall–Kier alpha value is -0.140. The van der Waals surface area contributed by atoms with Crippen molar-refractivity contribution < 1.29 is 18.4 Å². The summed E-state index contributed by atoms with van der Waals surface area (Å²) in [4.78, 5) is 14.7. The molecule has 26 heavy (non-hydrogen) atoms. The van der Waals surface area contributed by atoms with Gasteiger partial charge in [-0.3, -0.25) is 4.79 Å². The first-order valence-corrected chi connectivity index (χ1v) is 10.2. The molecule has 1 aromatic carbocycles. The van der Waals surface area contributed by atoms with Gasteiger partial charge in [-0.05, 0) is 31.7 Å². The van der Waals surface area contributed by atoms with Gasteiger partial charge in [-0.2, -0.15) is 0 Å². The lowest BCUT2D eigenvalue weighted by Crippen LogP contribution is -2.42. The molecular formula is C18H32NO4P3. The van der Waals surface area contributed by atoms with Crippen LogP contribution >= 0.6 is 28.4 Å². The van der Waals surface area contributed by atoms with Crippen molar-refractivity contribution in [3.8, 4) is 0 Å². The highest BCUT2D eigenvalue weighted by Gasteiger charge is 2.29. The quantitative estimate of drug-likeness (QED) is 0.377. The maximum atomic E-state index is 12.9. The zero-order valence-electron chi connectivity index (χ0n) is 15.8. The summed E-state index contributed by atoms with van der Waals surface area (Å²) in [6, 6.07) is 9.85. The molecule has 0 saturated heterocycles. The van der Waals surface area contributed by atoms with Gasteiger partial charge in [0.15, 0.2) is 0 Å². The molecule has 0 fully saturated rings. The molecule has 0 spiro atoms. The van der Waals surface area contributed by atoms with Crippen molar-refractivity contribution in [3.05, 3.63) is 35.9 Å². The van der Waals surface area contributed by atoms with Crippen LogP contribution < -0.4 is 0 Å². The topological polar surface area (TPSA) is 48.0 Å². The second-order valence-electron chi connectivity index (χ2n) is 6.56. The van der Waals surface area contributed by atoms with Crippen molar-refractivity contribution in [3.63, 3.8) is 0 Å².